The molecule has 0 heterocycles. The molecule has 0 bridgehead atoms. The van der Waals surface area contributed by atoms with E-state index >= 15 is 0 Å². The molecular formula is C14H22N2O2. The molecule has 100 valence electrons. The molecule has 0 saturated heterocycles. The Morgan fingerprint density at radius 2 is 1.94 bits per heavy atom. The summed E-state index contributed by atoms with van der Waals surface area (Å²) in [6.07, 6.45) is 0.171. The number of benzene rings is 1. The quantitative estimate of drug-likeness (QED) is 0.799. The van der Waals surface area contributed by atoms with E-state index in [0.717, 1.165) is 6.54 Å². The fourth-order valence-electron chi connectivity index (χ4n) is 1.58. The van der Waals surface area contributed by atoms with Gasteiger partial charge in [0, 0.05) is 18.7 Å². The number of aliphatic hydroxyl groups excluding tert-OH is 1. The summed E-state index contributed by atoms with van der Waals surface area (Å²) in [7, 11) is 4.01. The first kappa shape index (κ1) is 14.7. The number of nitrogens with zero attached hydrogens (tertiary/aromatic N) is 1. The smallest absolute Gasteiger partial charge is 0.251 e. The van der Waals surface area contributed by atoms with Gasteiger partial charge < -0.3 is 15.3 Å². The van der Waals surface area contributed by atoms with Crippen LogP contribution in [0.25, 0.3) is 0 Å². The zero-order valence-corrected chi connectivity index (χ0v) is 11.3. The molecule has 0 radical (unpaired) electrons. The maximum absolute atomic E-state index is 11.8. The Hall–Kier alpha value is -1.39. The van der Waals surface area contributed by atoms with Crippen molar-refractivity contribution in [3.63, 3.8) is 0 Å². The lowest BCUT2D eigenvalue weighted by Crippen LogP contribution is -2.31. The minimum Gasteiger partial charge on any atom is -0.391 e. The lowest BCUT2D eigenvalue weighted by Gasteiger charge is -2.11. The molecule has 0 aromatic heterocycles. The first-order chi connectivity index (χ1) is 8.52. The van der Waals surface area contributed by atoms with Gasteiger partial charge in [-0.1, -0.05) is 19.1 Å². The number of nitrogens with one attached hydrogen (secondary N) is 1. The van der Waals surface area contributed by atoms with E-state index in [9.17, 15) is 9.90 Å². The maximum atomic E-state index is 11.8. The second-order valence-electron chi connectivity index (χ2n) is 4.71. The van der Waals surface area contributed by atoms with Crippen molar-refractivity contribution in [1.29, 1.82) is 0 Å². The van der Waals surface area contributed by atoms with Gasteiger partial charge in [-0.15, -0.1) is 0 Å². The molecule has 0 aliphatic carbocycles. The van der Waals surface area contributed by atoms with Crippen molar-refractivity contribution in [3.8, 4) is 0 Å². The summed E-state index contributed by atoms with van der Waals surface area (Å²) in [5.74, 6) is -0.140. The highest BCUT2D eigenvalue weighted by Crippen LogP contribution is 2.06. The van der Waals surface area contributed by atoms with E-state index < -0.39 is 6.10 Å². The van der Waals surface area contributed by atoms with Gasteiger partial charge in [0.15, 0.2) is 0 Å². The fraction of sp³-hybridized carbons (Fsp3) is 0.500. The minimum atomic E-state index is -0.470. The van der Waals surface area contributed by atoms with Crippen LogP contribution in [0.1, 0.15) is 29.3 Å². The Labute approximate surface area is 109 Å². The first-order valence-electron chi connectivity index (χ1n) is 6.23. The Bertz CT molecular complexity index is 374. The Balaban J connectivity index is 2.53. The molecule has 0 spiro atoms. The van der Waals surface area contributed by atoms with Crippen LogP contribution in [-0.4, -0.2) is 42.7 Å². The highest BCUT2D eigenvalue weighted by atomic mass is 16.3. The van der Waals surface area contributed by atoms with Crippen molar-refractivity contribution in [2.75, 3.05) is 20.6 Å². The van der Waals surface area contributed by atoms with Gasteiger partial charge in [0.1, 0.15) is 0 Å². The highest BCUT2D eigenvalue weighted by Gasteiger charge is 2.07. The molecule has 4 heteroatoms. The molecule has 1 amide bonds. The second-order valence-corrected chi connectivity index (χ2v) is 4.71. The van der Waals surface area contributed by atoms with Crippen LogP contribution in [0.2, 0.25) is 0 Å². The van der Waals surface area contributed by atoms with Gasteiger partial charge in [-0.05, 0) is 38.2 Å². The molecular weight excluding hydrogens is 228 g/mol. The van der Waals surface area contributed by atoms with Crippen LogP contribution in [0.4, 0.5) is 0 Å². The Morgan fingerprint density at radius 1 is 1.33 bits per heavy atom. The van der Waals surface area contributed by atoms with Crippen molar-refractivity contribution in [2.24, 2.45) is 0 Å². The van der Waals surface area contributed by atoms with Gasteiger partial charge in [-0.25, -0.2) is 0 Å². The molecule has 1 unspecified atom stereocenters. The van der Waals surface area contributed by atoms with Crippen molar-refractivity contribution in [3.05, 3.63) is 35.4 Å². The third kappa shape index (κ3) is 4.85. The van der Waals surface area contributed by atoms with Gasteiger partial charge >= 0.3 is 0 Å². The molecule has 0 aliphatic heterocycles. The molecule has 18 heavy (non-hydrogen) atoms. The van der Waals surface area contributed by atoms with Crippen molar-refractivity contribution >= 4 is 5.91 Å². The zero-order valence-electron chi connectivity index (χ0n) is 11.3. The summed E-state index contributed by atoms with van der Waals surface area (Å²) < 4.78 is 0. The van der Waals surface area contributed by atoms with E-state index in [4.69, 9.17) is 0 Å². The Kier molecular flexibility index (Phi) is 5.82. The molecule has 1 atom stereocenters. The SMILES string of the molecule is CCC(O)CNC(=O)c1ccc(CN(C)C)cc1. The summed E-state index contributed by atoms with van der Waals surface area (Å²) >= 11 is 0. The van der Waals surface area contributed by atoms with Crippen LogP contribution >= 0.6 is 0 Å². The first-order valence-corrected chi connectivity index (χ1v) is 6.23. The topological polar surface area (TPSA) is 52.6 Å². The normalized spacial score (nSPS) is 12.5. The summed E-state index contributed by atoms with van der Waals surface area (Å²) in [6, 6.07) is 7.52. The largest absolute Gasteiger partial charge is 0.391 e. The van der Waals surface area contributed by atoms with E-state index in [1.165, 1.54) is 5.56 Å². The van der Waals surface area contributed by atoms with Crippen LogP contribution < -0.4 is 5.32 Å². The van der Waals surface area contributed by atoms with E-state index in [0.29, 0.717) is 18.5 Å². The predicted octanol–water partition coefficient (Wildman–Crippen LogP) is 1.25. The van der Waals surface area contributed by atoms with Crippen molar-refractivity contribution < 1.29 is 9.90 Å². The van der Waals surface area contributed by atoms with E-state index in [1.54, 1.807) is 0 Å². The average molecular weight is 250 g/mol. The third-order valence-corrected chi connectivity index (χ3v) is 2.68. The monoisotopic (exact) mass is 250 g/mol. The van der Waals surface area contributed by atoms with Gasteiger partial charge in [-0.2, -0.15) is 0 Å². The maximum Gasteiger partial charge on any atom is 0.251 e. The Morgan fingerprint density at radius 3 is 2.44 bits per heavy atom. The average Bonchev–Trinajstić information content (AvgIpc) is 2.35. The lowest BCUT2D eigenvalue weighted by molar-refractivity contribution is 0.0914. The highest BCUT2D eigenvalue weighted by molar-refractivity contribution is 5.94. The molecule has 1 rings (SSSR count). The van der Waals surface area contributed by atoms with Crippen molar-refractivity contribution in [2.45, 2.75) is 26.0 Å². The standard InChI is InChI=1S/C14H22N2O2/c1-4-13(17)9-15-14(18)12-7-5-11(6-8-12)10-16(2)3/h5-8,13,17H,4,9-10H2,1-3H3,(H,15,18). The zero-order chi connectivity index (χ0) is 13.5. The number of hydrogen-bond acceptors (Lipinski definition) is 3. The molecule has 0 fully saturated rings. The summed E-state index contributed by atoms with van der Waals surface area (Å²) in [4.78, 5) is 13.8. The summed E-state index contributed by atoms with van der Waals surface area (Å²) in [5, 5.41) is 12.1. The number of aliphatic hydroxyl groups is 1. The molecule has 1 aromatic rings. The molecule has 0 aliphatic rings. The van der Waals surface area contributed by atoms with Crippen LogP contribution in [0, 0.1) is 0 Å². The van der Waals surface area contributed by atoms with Crippen LogP contribution in [0.15, 0.2) is 24.3 Å². The molecule has 2 N–H and O–H groups in total. The van der Waals surface area contributed by atoms with Crippen molar-refractivity contribution in [1.82, 2.24) is 10.2 Å². The number of carbonyl (C=O) groups is 1. The minimum absolute atomic E-state index is 0.140. The predicted molar refractivity (Wildman–Crippen MR) is 72.5 cm³/mol. The van der Waals surface area contributed by atoms with Crippen LogP contribution in [-0.2, 0) is 6.54 Å². The van der Waals surface area contributed by atoms with E-state index in [1.807, 2.05) is 45.3 Å². The second kappa shape index (κ2) is 7.13. The molecule has 0 saturated carbocycles. The van der Waals surface area contributed by atoms with Gasteiger partial charge in [-0.3, -0.25) is 4.79 Å². The van der Waals surface area contributed by atoms with Crippen LogP contribution in [0.5, 0.6) is 0 Å². The summed E-state index contributed by atoms with van der Waals surface area (Å²) in [6.45, 7) is 3.04. The number of rotatable bonds is 6. The number of carbonyl (C=O) groups excluding carboxylic acids is 1. The van der Waals surface area contributed by atoms with Gasteiger partial charge in [0.05, 0.1) is 6.10 Å². The van der Waals surface area contributed by atoms with Crippen LogP contribution in [0.3, 0.4) is 0 Å². The van der Waals surface area contributed by atoms with Gasteiger partial charge in [0.25, 0.3) is 5.91 Å². The molecule has 1 aromatic carbocycles. The van der Waals surface area contributed by atoms with Gasteiger partial charge in [0.2, 0.25) is 0 Å². The molecule has 4 nitrogen and oxygen atoms in total. The van der Waals surface area contributed by atoms with E-state index in [2.05, 4.69) is 10.2 Å². The lowest BCUT2D eigenvalue weighted by atomic mass is 10.1. The number of amides is 1. The fourth-order valence-corrected chi connectivity index (χ4v) is 1.58. The third-order valence-electron chi connectivity index (χ3n) is 2.68. The summed E-state index contributed by atoms with van der Waals surface area (Å²) in [5.41, 5.74) is 1.80. The number of hydrogen-bond donors (Lipinski definition) is 2. The van der Waals surface area contributed by atoms with E-state index in [-0.39, 0.29) is 5.91 Å².